The van der Waals surface area contributed by atoms with Crippen LogP contribution >= 0.6 is 11.6 Å². The Bertz CT molecular complexity index is 541. The van der Waals surface area contributed by atoms with E-state index in [0.717, 1.165) is 0 Å². The van der Waals surface area contributed by atoms with Gasteiger partial charge in [-0.1, -0.05) is 0 Å². The van der Waals surface area contributed by atoms with Crippen molar-refractivity contribution in [2.24, 2.45) is 0 Å². The predicted octanol–water partition coefficient (Wildman–Crippen LogP) is 1.89. The summed E-state index contributed by atoms with van der Waals surface area (Å²) in [7, 11) is 0. The molecular weight excluding hydrogens is 299 g/mol. The van der Waals surface area contributed by atoms with E-state index in [2.05, 4.69) is 0 Å². The lowest BCUT2D eigenvalue weighted by molar-refractivity contribution is -0.0110. The maximum atomic E-state index is 13.7. The maximum Gasteiger partial charge on any atom is 0.257 e. The molecule has 1 N–H and O–H groups in total. The number of phenols is 1. The zero-order valence-electron chi connectivity index (χ0n) is 10.2. The lowest BCUT2D eigenvalue weighted by Crippen LogP contribution is -2.46. The molecule has 1 aliphatic heterocycles. The summed E-state index contributed by atoms with van der Waals surface area (Å²) >= 11 is 5.61. The summed E-state index contributed by atoms with van der Waals surface area (Å²) < 4.78 is 45.0. The molecule has 20 heavy (non-hydrogen) atoms. The summed E-state index contributed by atoms with van der Waals surface area (Å²) in [6, 6.07) is 0.428. The molecule has 1 aliphatic rings. The van der Waals surface area contributed by atoms with Gasteiger partial charge in [0.15, 0.2) is 17.4 Å². The molecule has 1 unspecified atom stereocenters. The fraction of sp³-hybridized carbons (Fsp3) is 0.417. The fourth-order valence-corrected chi connectivity index (χ4v) is 2.10. The van der Waals surface area contributed by atoms with Crippen molar-refractivity contribution < 1.29 is 27.8 Å². The van der Waals surface area contributed by atoms with Crippen molar-refractivity contribution in [1.29, 1.82) is 0 Å². The Hall–Kier alpha value is -1.47. The minimum absolute atomic E-state index is 0.113. The number of hydrogen-bond donors (Lipinski definition) is 1. The Morgan fingerprint density at radius 3 is 2.80 bits per heavy atom. The highest BCUT2D eigenvalue weighted by molar-refractivity contribution is 6.18. The fourth-order valence-electron chi connectivity index (χ4n) is 1.91. The van der Waals surface area contributed by atoms with Gasteiger partial charge in [0.25, 0.3) is 5.91 Å². The van der Waals surface area contributed by atoms with Crippen LogP contribution in [0.5, 0.6) is 5.75 Å². The van der Waals surface area contributed by atoms with Gasteiger partial charge in [0, 0.05) is 13.1 Å². The van der Waals surface area contributed by atoms with Crippen LogP contribution < -0.4 is 0 Å². The Morgan fingerprint density at radius 1 is 1.45 bits per heavy atom. The van der Waals surface area contributed by atoms with Crippen LogP contribution in [0.3, 0.4) is 0 Å². The molecule has 8 heteroatoms. The summed E-state index contributed by atoms with van der Waals surface area (Å²) in [5, 5.41) is 9.11. The highest BCUT2D eigenvalue weighted by atomic mass is 35.5. The molecule has 2 rings (SSSR count). The van der Waals surface area contributed by atoms with E-state index in [4.69, 9.17) is 21.4 Å². The van der Waals surface area contributed by atoms with Gasteiger partial charge < -0.3 is 14.7 Å². The first-order valence-corrected chi connectivity index (χ1v) is 6.32. The summed E-state index contributed by atoms with van der Waals surface area (Å²) in [6.07, 6.45) is -0.406. The molecule has 4 nitrogen and oxygen atoms in total. The number of hydrogen-bond acceptors (Lipinski definition) is 3. The van der Waals surface area contributed by atoms with Crippen molar-refractivity contribution in [2.75, 3.05) is 25.6 Å². The molecule has 1 fully saturated rings. The number of rotatable bonds is 2. The number of amides is 1. The number of aromatic hydroxyl groups is 1. The van der Waals surface area contributed by atoms with E-state index in [9.17, 15) is 18.0 Å². The molecule has 0 saturated carbocycles. The minimum atomic E-state index is -1.72. The van der Waals surface area contributed by atoms with Crippen LogP contribution in [0.4, 0.5) is 13.2 Å². The first-order chi connectivity index (χ1) is 9.45. The molecule has 1 saturated heterocycles. The maximum absolute atomic E-state index is 13.7. The normalized spacial score (nSPS) is 19.2. The molecule has 0 bridgehead atoms. The van der Waals surface area contributed by atoms with Gasteiger partial charge in [0.05, 0.1) is 24.2 Å². The zero-order valence-corrected chi connectivity index (χ0v) is 11.0. The number of nitrogens with zero attached hydrogens (tertiary/aromatic N) is 1. The van der Waals surface area contributed by atoms with E-state index in [1.165, 1.54) is 4.90 Å². The van der Waals surface area contributed by atoms with Crippen LogP contribution in [0.25, 0.3) is 0 Å². The molecule has 0 radical (unpaired) electrons. The smallest absolute Gasteiger partial charge is 0.257 e. The van der Waals surface area contributed by atoms with Crippen LogP contribution in [0.15, 0.2) is 6.07 Å². The van der Waals surface area contributed by atoms with Crippen molar-refractivity contribution in [3.05, 3.63) is 29.1 Å². The number of morpholine rings is 1. The molecule has 110 valence electrons. The lowest BCUT2D eigenvalue weighted by Gasteiger charge is -2.32. The van der Waals surface area contributed by atoms with Gasteiger partial charge in [0.2, 0.25) is 5.82 Å². The molecule has 0 aliphatic carbocycles. The SMILES string of the molecule is O=C(c1cc(F)c(F)c(O)c1F)N1CCOC(CCl)C1. The zero-order chi connectivity index (χ0) is 14.9. The predicted molar refractivity (Wildman–Crippen MR) is 64.3 cm³/mol. The van der Waals surface area contributed by atoms with Crippen molar-refractivity contribution >= 4 is 17.5 Å². The van der Waals surface area contributed by atoms with Crippen LogP contribution in [0.2, 0.25) is 0 Å². The van der Waals surface area contributed by atoms with Gasteiger partial charge in [-0.05, 0) is 6.07 Å². The van der Waals surface area contributed by atoms with Crippen LogP contribution in [-0.4, -0.2) is 47.6 Å². The standard InChI is InChI=1S/C12H11ClF3NO3/c13-4-6-5-17(1-2-20-6)12(19)7-3-8(14)10(16)11(18)9(7)15/h3,6,18H,1-2,4-5H2. The quantitative estimate of drug-likeness (QED) is 0.670. The van der Waals surface area contributed by atoms with Gasteiger partial charge in [-0.3, -0.25) is 4.79 Å². The number of ether oxygens (including phenoxy) is 1. The number of benzene rings is 1. The third kappa shape index (κ3) is 2.69. The topological polar surface area (TPSA) is 49.8 Å². The van der Waals surface area contributed by atoms with E-state index in [0.29, 0.717) is 6.07 Å². The second kappa shape index (κ2) is 5.88. The average molecular weight is 310 g/mol. The number of alkyl halides is 1. The Morgan fingerprint density at radius 2 is 2.15 bits per heavy atom. The minimum Gasteiger partial charge on any atom is -0.503 e. The first kappa shape index (κ1) is 14.9. The van der Waals surface area contributed by atoms with Crippen molar-refractivity contribution in [1.82, 2.24) is 4.90 Å². The average Bonchev–Trinajstić information content (AvgIpc) is 2.48. The third-order valence-electron chi connectivity index (χ3n) is 2.96. The Balaban J connectivity index is 2.29. The third-order valence-corrected chi connectivity index (χ3v) is 3.31. The van der Waals surface area contributed by atoms with Crippen LogP contribution in [0, 0.1) is 17.5 Å². The summed E-state index contributed by atoms with van der Waals surface area (Å²) in [6.45, 7) is 0.493. The first-order valence-electron chi connectivity index (χ1n) is 5.79. The van der Waals surface area contributed by atoms with Gasteiger partial charge in [-0.2, -0.15) is 4.39 Å². The molecule has 1 amide bonds. The number of carbonyl (C=O) groups excluding carboxylic acids is 1. The Kier molecular flexibility index (Phi) is 4.39. The van der Waals surface area contributed by atoms with E-state index >= 15 is 0 Å². The van der Waals surface area contributed by atoms with Crippen LogP contribution in [-0.2, 0) is 4.74 Å². The lowest BCUT2D eigenvalue weighted by atomic mass is 10.1. The Labute approximate surface area is 117 Å². The molecule has 1 atom stereocenters. The highest BCUT2D eigenvalue weighted by Crippen LogP contribution is 2.27. The van der Waals surface area contributed by atoms with Crippen molar-refractivity contribution in [3.63, 3.8) is 0 Å². The van der Waals surface area contributed by atoms with Gasteiger partial charge in [-0.15, -0.1) is 11.6 Å². The molecule has 1 heterocycles. The molecular formula is C12H11ClF3NO3. The highest BCUT2D eigenvalue weighted by Gasteiger charge is 2.29. The number of phenolic OH excluding ortho intramolecular Hbond substituents is 1. The summed E-state index contributed by atoms with van der Waals surface area (Å²) in [5.41, 5.74) is -0.725. The van der Waals surface area contributed by atoms with Gasteiger partial charge in [-0.25, -0.2) is 8.78 Å². The van der Waals surface area contributed by atoms with Gasteiger partial charge in [0.1, 0.15) is 0 Å². The van der Waals surface area contributed by atoms with E-state index in [1.54, 1.807) is 0 Å². The molecule has 0 aromatic heterocycles. The van der Waals surface area contributed by atoms with E-state index in [-0.39, 0.29) is 25.6 Å². The monoisotopic (exact) mass is 309 g/mol. The van der Waals surface area contributed by atoms with E-state index < -0.39 is 40.8 Å². The molecule has 1 aromatic rings. The molecule has 1 aromatic carbocycles. The largest absolute Gasteiger partial charge is 0.503 e. The van der Waals surface area contributed by atoms with Gasteiger partial charge >= 0.3 is 0 Å². The molecule has 0 spiro atoms. The van der Waals surface area contributed by atoms with Crippen molar-refractivity contribution in [3.8, 4) is 5.75 Å². The second-order valence-corrected chi connectivity index (χ2v) is 4.59. The number of carbonyl (C=O) groups is 1. The second-order valence-electron chi connectivity index (χ2n) is 4.28. The summed E-state index contributed by atoms with van der Waals surface area (Å²) in [5.74, 6) is -6.91. The van der Waals surface area contributed by atoms with Crippen LogP contribution in [0.1, 0.15) is 10.4 Å². The van der Waals surface area contributed by atoms with E-state index in [1.807, 2.05) is 0 Å². The number of halogens is 4. The van der Waals surface area contributed by atoms with Crippen molar-refractivity contribution in [2.45, 2.75) is 6.10 Å². The summed E-state index contributed by atoms with van der Waals surface area (Å²) in [4.78, 5) is 13.3.